The summed E-state index contributed by atoms with van der Waals surface area (Å²) in [5, 5.41) is 0. The molecule has 0 aromatic heterocycles. The van der Waals surface area contributed by atoms with Crippen LogP contribution in [0.25, 0.3) is 0 Å². The normalized spacial score (nSPS) is 12.4. The zero-order valence-electron chi connectivity index (χ0n) is 55.0. The van der Waals surface area contributed by atoms with E-state index in [9.17, 15) is 14.4 Å². The molecule has 0 aliphatic rings. The molecule has 6 heteroatoms. The van der Waals surface area contributed by atoms with E-state index < -0.39 is 6.10 Å². The standard InChI is InChI=1S/C76H138O6/c1-4-7-10-13-16-19-21-23-25-27-29-31-33-34-35-36-37-38-39-40-41-42-44-45-47-49-51-53-55-57-60-63-66-69-75(78)81-72-73(71-80-74(77)68-65-62-59-18-15-12-9-6-3)82-76(79)70-67-64-61-58-56-54-52-50-48-46-43-32-30-28-26-24-22-20-17-14-11-8-5-2/h7,10,16,19,23,25,28-31,73H,4-6,8-9,11-15,17-18,20-22,24,26-27,32-72H2,1-3H3/b10-7-,19-16-,25-23-,30-28-,31-29-. The van der Waals surface area contributed by atoms with Gasteiger partial charge in [-0.05, 0) is 83.5 Å². The zero-order chi connectivity index (χ0) is 59.2. The van der Waals surface area contributed by atoms with Crippen molar-refractivity contribution in [2.75, 3.05) is 13.2 Å². The number of esters is 3. The summed E-state index contributed by atoms with van der Waals surface area (Å²) in [6, 6.07) is 0. The molecule has 478 valence electrons. The van der Waals surface area contributed by atoms with Crippen molar-refractivity contribution in [3.8, 4) is 0 Å². The van der Waals surface area contributed by atoms with Crippen molar-refractivity contribution < 1.29 is 28.6 Å². The van der Waals surface area contributed by atoms with Crippen molar-refractivity contribution in [1.29, 1.82) is 0 Å². The van der Waals surface area contributed by atoms with Crippen LogP contribution >= 0.6 is 0 Å². The molecule has 0 radical (unpaired) electrons. The van der Waals surface area contributed by atoms with E-state index in [1.807, 2.05) is 0 Å². The van der Waals surface area contributed by atoms with Crippen LogP contribution in [0.2, 0.25) is 0 Å². The number of hydrogen-bond acceptors (Lipinski definition) is 6. The maximum atomic E-state index is 12.9. The Bertz CT molecular complexity index is 1460. The lowest BCUT2D eigenvalue weighted by molar-refractivity contribution is -0.167. The molecule has 0 rings (SSSR count). The van der Waals surface area contributed by atoms with Gasteiger partial charge in [-0.3, -0.25) is 14.4 Å². The molecule has 82 heavy (non-hydrogen) atoms. The molecular formula is C76H138O6. The lowest BCUT2D eigenvalue weighted by Gasteiger charge is -2.18. The van der Waals surface area contributed by atoms with E-state index in [0.717, 1.165) is 83.5 Å². The minimum atomic E-state index is -0.770. The van der Waals surface area contributed by atoms with Crippen molar-refractivity contribution in [3.63, 3.8) is 0 Å². The fourth-order valence-corrected chi connectivity index (χ4v) is 10.8. The third kappa shape index (κ3) is 67.9. The first kappa shape index (κ1) is 79.1. The molecule has 6 nitrogen and oxygen atoms in total. The van der Waals surface area contributed by atoms with Crippen molar-refractivity contribution in [2.24, 2.45) is 0 Å². The first-order valence-corrected chi connectivity index (χ1v) is 36.3. The van der Waals surface area contributed by atoms with Crippen LogP contribution < -0.4 is 0 Å². The average molecular weight is 1150 g/mol. The van der Waals surface area contributed by atoms with Gasteiger partial charge in [0, 0.05) is 19.3 Å². The van der Waals surface area contributed by atoms with Gasteiger partial charge in [-0.25, -0.2) is 0 Å². The SMILES string of the molecule is CC/C=C\C/C=C\C/C=C\C/C=C\CCCCCCCCCCCCCCCCCCCCCCC(=O)OCC(COC(=O)CCCCCCCCCC)OC(=O)CCCCCCCCCCCCC/C=C\CCCCCCCCCC. The Morgan fingerprint density at radius 2 is 0.476 bits per heavy atom. The van der Waals surface area contributed by atoms with Gasteiger partial charge in [-0.15, -0.1) is 0 Å². The monoisotopic (exact) mass is 1150 g/mol. The number of unbranched alkanes of at least 4 members (excludes halogenated alkanes) is 46. The smallest absolute Gasteiger partial charge is 0.306 e. The maximum Gasteiger partial charge on any atom is 0.306 e. The quantitative estimate of drug-likeness (QED) is 0.0261. The van der Waals surface area contributed by atoms with Gasteiger partial charge in [0.15, 0.2) is 6.10 Å². The minimum Gasteiger partial charge on any atom is -0.462 e. The molecule has 0 saturated carbocycles. The van der Waals surface area contributed by atoms with Crippen LogP contribution in [0.3, 0.4) is 0 Å². The molecule has 0 aliphatic carbocycles. The van der Waals surface area contributed by atoms with E-state index in [2.05, 4.69) is 81.5 Å². The summed E-state index contributed by atoms with van der Waals surface area (Å²) in [4.78, 5) is 38.3. The molecular weight excluding hydrogens is 1010 g/mol. The molecule has 1 atom stereocenters. The van der Waals surface area contributed by atoms with Crippen molar-refractivity contribution in [1.82, 2.24) is 0 Å². The number of carbonyl (C=O) groups is 3. The molecule has 0 N–H and O–H groups in total. The van der Waals surface area contributed by atoms with Crippen LogP contribution in [0.5, 0.6) is 0 Å². The highest BCUT2D eigenvalue weighted by atomic mass is 16.6. The average Bonchev–Trinajstić information content (AvgIpc) is 3.47. The fourth-order valence-electron chi connectivity index (χ4n) is 10.8. The van der Waals surface area contributed by atoms with E-state index in [1.165, 1.54) is 263 Å². The maximum absolute atomic E-state index is 12.9. The van der Waals surface area contributed by atoms with Gasteiger partial charge < -0.3 is 14.2 Å². The molecule has 0 aliphatic heterocycles. The predicted molar refractivity (Wildman–Crippen MR) is 358 cm³/mol. The molecule has 0 saturated heterocycles. The summed E-state index contributed by atoms with van der Waals surface area (Å²) in [6.45, 7) is 6.56. The van der Waals surface area contributed by atoms with Crippen LogP contribution in [-0.2, 0) is 28.6 Å². The number of carbonyl (C=O) groups excluding carboxylic acids is 3. The van der Waals surface area contributed by atoms with Crippen LogP contribution in [0.15, 0.2) is 60.8 Å². The first-order valence-electron chi connectivity index (χ1n) is 36.3. The molecule has 0 bridgehead atoms. The lowest BCUT2D eigenvalue weighted by Crippen LogP contribution is -2.30. The summed E-state index contributed by atoms with van der Waals surface area (Å²) < 4.78 is 16.9. The van der Waals surface area contributed by atoms with Gasteiger partial charge in [0.05, 0.1) is 0 Å². The number of hydrogen-bond donors (Lipinski definition) is 0. The third-order valence-corrected chi connectivity index (χ3v) is 16.3. The topological polar surface area (TPSA) is 78.9 Å². The second kappa shape index (κ2) is 70.6. The highest BCUT2D eigenvalue weighted by Gasteiger charge is 2.19. The van der Waals surface area contributed by atoms with Crippen molar-refractivity contribution >= 4 is 17.9 Å². The van der Waals surface area contributed by atoms with Gasteiger partial charge >= 0.3 is 17.9 Å². The fraction of sp³-hybridized carbons (Fsp3) is 0.829. The molecule has 0 amide bonds. The molecule has 0 aromatic rings. The Hall–Kier alpha value is -2.89. The summed E-state index contributed by atoms with van der Waals surface area (Å²) in [6.07, 6.45) is 91.4. The van der Waals surface area contributed by atoms with Gasteiger partial charge in [0.2, 0.25) is 0 Å². The minimum absolute atomic E-state index is 0.0681. The lowest BCUT2D eigenvalue weighted by atomic mass is 10.0. The Morgan fingerprint density at radius 3 is 0.756 bits per heavy atom. The third-order valence-electron chi connectivity index (χ3n) is 16.3. The van der Waals surface area contributed by atoms with Crippen molar-refractivity contribution in [3.05, 3.63) is 60.8 Å². The van der Waals surface area contributed by atoms with Gasteiger partial charge in [0.25, 0.3) is 0 Å². The highest BCUT2D eigenvalue weighted by molar-refractivity contribution is 5.71. The van der Waals surface area contributed by atoms with E-state index in [1.54, 1.807) is 0 Å². The molecule has 0 fully saturated rings. The van der Waals surface area contributed by atoms with E-state index in [0.29, 0.717) is 19.3 Å². The summed E-state index contributed by atoms with van der Waals surface area (Å²) >= 11 is 0. The van der Waals surface area contributed by atoms with Gasteiger partial charge in [-0.2, -0.15) is 0 Å². The molecule has 0 aromatic carbocycles. The number of ether oxygens (including phenoxy) is 3. The van der Waals surface area contributed by atoms with Gasteiger partial charge in [-0.1, -0.05) is 345 Å². The summed E-state index contributed by atoms with van der Waals surface area (Å²) in [5.41, 5.74) is 0. The zero-order valence-corrected chi connectivity index (χ0v) is 55.0. The van der Waals surface area contributed by atoms with Gasteiger partial charge in [0.1, 0.15) is 13.2 Å². The van der Waals surface area contributed by atoms with E-state index in [-0.39, 0.29) is 31.1 Å². The predicted octanol–water partition coefficient (Wildman–Crippen LogP) is 25.1. The Balaban J connectivity index is 4.02. The van der Waals surface area contributed by atoms with E-state index >= 15 is 0 Å². The van der Waals surface area contributed by atoms with Crippen LogP contribution in [-0.4, -0.2) is 37.2 Å². The molecule has 1 unspecified atom stereocenters. The van der Waals surface area contributed by atoms with E-state index in [4.69, 9.17) is 14.2 Å². The van der Waals surface area contributed by atoms with Crippen LogP contribution in [0, 0.1) is 0 Å². The summed E-state index contributed by atoms with van der Waals surface area (Å²) in [7, 11) is 0. The second-order valence-electron chi connectivity index (χ2n) is 24.5. The molecule has 0 heterocycles. The van der Waals surface area contributed by atoms with Crippen LogP contribution in [0.1, 0.15) is 387 Å². The number of rotatable bonds is 67. The molecule has 0 spiro atoms. The Morgan fingerprint density at radius 1 is 0.256 bits per heavy atom. The van der Waals surface area contributed by atoms with Crippen molar-refractivity contribution in [2.45, 2.75) is 393 Å². The largest absolute Gasteiger partial charge is 0.462 e. The Labute approximate surface area is 510 Å². The second-order valence-corrected chi connectivity index (χ2v) is 24.5. The summed E-state index contributed by atoms with van der Waals surface area (Å²) in [5.74, 6) is -0.848. The van der Waals surface area contributed by atoms with Crippen LogP contribution in [0.4, 0.5) is 0 Å². The first-order chi connectivity index (χ1) is 40.5. The number of allylic oxidation sites excluding steroid dienone is 10. The highest BCUT2D eigenvalue weighted by Crippen LogP contribution is 2.18. The Kier molecular flexibility index (Phi) is 68.1.